The van der Waals surface area contributed by atoms with Crippen LogP contribution >= 0.6 is 24.0 Å². The first-order chi connectivity index (χ1) is 15.3. The molecule has 0 aliphatic carbocycles. The smallest absolute Gasteiger partial charge is 0.191 e. The van der Waals surface area contributed by atoms with E-state index in [0.717, 1.165) is 31.2 Å². The minimum absolute atomic E-state index is 0. The molecule has 0 saturated heterocycles. The van der Waals surface area contributed by atoms with E-state index in [2.05, 4.69) is 74.4 Å². The van der Waals surface area contributed by atoms with Gasteiger partial charge in [0, 0.05) is 44.9 Å². The second kappa shape index (κ2) is 12.0. The average Bonchev–Trinajstić information content (AvgIpc) is 3.51. The van der Waals surface area contributed by atoms with Crippen molar-refractivity contribution in [3.8, 4) is 5.69 Å². The molecule has 0 aliphatic rings. The first-order valence-electron chi connectivity index (χ1n) is 10.4. The molecule has 0 saturated carbocycles. The topological polar surface area (TPSA) is 72.1 Å². The number of benzene rings is 2. The molecule has 2 heterocycles. The number of halogens is 1. The van der Waals surface area contributed by atoms with Crippen LogP contribution in [0, 0.1) is 0 Å². The summed E-state index contributed by atoms with van der Waals surface area (Å²) in [6, 6.07) is 20.8. The summed E-state index contributed by atoms with van der Waals surface area (Å²) in [6.07, 6.45) is 8.42. The van der Waals surface area contributed by atoms with E-state index in [0.29, 0.717) is 6.54 Å². The molecular weight excluding hydrogens is 513 g/mol. The Hall–Kier alpha value is -3.14. The Morgan fingerprint density at radius 1 is 0.875 bits per heavy atom. The normalized spacial score (nSPS) is 11.1. The summed E-state index contributed by atoms with van der Waals surface area (Å²) in [5.41, 5.74) is 4.77. The maximum absolute atomic E-state index is 4.33. The fraction of sp³-hybridized carbons (Fsp3) is 0.208. The number of nitrogens with one attached hydrogen (secondary N) is 2. The Morgan fingerprint density at radius 3 is 2.38 bits per heavy atom. The summed E-state index contributed by atoms with van der Waals surface area (Å²) < 4.78 is 3.78. The number of hydrogen-bond acceptors (Lipinski definition) is 3. The van der Waals surface area contributed by atoms with Crippen molar-refractivity contribution < 1.29 is 0 Å². The van der Waals surface area contributed by atoms with Gasteiger partial charge in [-0.25, -0.2) is 4.68 Å². The van der Waals surface area contributed by atoms with E-state index in [9.17, 15) is 0 Å². The molecule has 8 heteroatoms. The van der Waals surface area contributed by atoms with Gasteiger partial charge in [-0.1, -0.05) is 36.4 Å². The van der Waals surface area contributed by atoms with Crippen molar-refractivity contribution in [3.05, 3.63) is 102 Å². The third-order valence-electron chi connectivity index (χ3n) is 4.99. The van der Waals surface area contributed by atoms with Crippen LogP contribution in [0.15, 0.2) is 90.4 Å². The van der Waals surface area contributed by atoms with E-state index in [1.807, 2.05) is 33.9 Å². The lowest BCUT2D eigenvalue weighted by Crippen LogP contribution is -2.37. The highest BCUT2D eigenvalue weighted by Gasteiger charge is 2.02. The molecule has 0 aliphatic heterocycles. The molecule has 2 N–H and O–H groups in total. The Labute approximate surface area is 205 Å². The van der Waals surface area contributed by atoms with Crippen LogP contribution in [-0.2, 0) is 19.5 Å². The lowest BCUT2D eigenvalue weighted by molar-refractivity contribution is 0.685. The van der Waals surface area contributed by atoms with Crippen LogP contribution in [0.2, 0.25) is 0 Å². The summed E-state index contributed by atoms with van der Waals surface area (Å²) in [4.78, 5) is 4.33. The van der Waals surface area contributed by atoms with Crippen LogP contribution in [0.25, 0.3) is 5.69 Å². The third kappa shape index (κ3) is 6.68. The number of guanidine groups is 1. The van der Waals surface area contributed by atoms with E-state index >= 15 is 0 Å². The second-order valence-corrected chi connectivity index (χ2v) is 7.24. The van der Waals surface area contributed by atoms with E-state index in [-0.39, 0.29) is 24.0 Å². The monoisotopic (exact) mass is 541 g/mol. The number of aliphatic imine (C=N–C) groups is 1. The molecule has 0 amide bonds. The molecule has 2 aromatic heterocycles. The zero-order chi connectivity index (χ0) is 21.3. The number of nitrogens with zero attached hydrogens (tertiary/aromatic N) is 5. The second-order valence-electron chi connectivity index (χ2n) is 7.24. The molecule has 0 fully saturated rings. The van der Waals surface area contributed by atoms with Crippen LogP contribution in [0.3, 0.4) is 0 Å². The predicted octanol–water partition coefficient (Wildman–Crippen LogP) is 3.64. The van der Waals surface area contributed by atoms with Crippen LogP contribution < -0.4 is 10.6 Å². The van der Waals surface area contributed by atoms with Crippen molar-refractivity contribution in [2.75, 3.05) is 13.6 Å². The molecule has 0 bridgehead atoms. The van der Waals surface area contributed by atoms with Gasteiger partial charge >= 0.3 is 0 Å². The van der Waals surface area contributed by atoms with E-state index in [1.165, 1.54) is 16.7 Å². The van der Waals surface area contributed by atoms with E-state index < -0.39 is 0 Å². The minimum atomic E-state index is 0. The van der Waals surface area contributed by atoms with Crippen molar-refractivity contribution >= 4 is 29.9 Å². The first-order valence-corrected chi connectivity index (χ1v) is 10.4. The van der Waals surface area contributed by atoms with Gasteiger partial charge in [0.25, 0.3) is 0 Å². The fourth-order valence-corrected chi connectivity index (χ4v) is 3.39. The van der Waals surface area contributed by atoms with Gasteiger partial charge in [-0.15, -0.1) is 24.0 Å². The molecule has 0 unspecified atom stereocenters. The molecule has 0 atom stereocenters. The van der Waals surface area contributed by atoms with Gasteiger partial charge in [0.2, 0.25) is 0 Å². The molecule has 32 heavy (non-hydrogen) atoms. The molecule has 4 rings (SSSR count). The maximum Gasteiger partial charge on any atom is 0.191 e. The van der Waals surface area contributed by atoms with Crippen LogP contribution in [0.5, 0.6) is 0 Å². The van der Waals surface area contributed by atoms with Gasteiger partial charge in [0.05, 0.1) is 12.2 Å². The number of aromatic nitrogens is 4. The fourth-order valence-electron chi connectivity index (χ4n) is 3.39. The highest BCUT2D eigenvalue weighted by molar-refractivity contribution is 14.0. The zero-order valence-corrected chi connectivity index (χ0v) is 20.4. The standard InChI is InChI=1S/C24H27N7.HI/c1-25-24(26-14-11-20-7-9-23(10-8-20)31-16-4-13-29-31)27-18-21-5-2-6-22(17-21)19-30-15-3-12-28-30;/h2-10,12-13,15-17H,11,14,18-19H2,1H3,(H2,25,26,27);1H. The van der Waals surface area contributed by atoms with Gasteiger partial charge in [0.15, 0.2) is 5.96 Å². The summed E-state index contributed by atoms with van der Waals surface area (Å²) >= 11 is 0. The van der Waals surface area contributed by atoms with Gasteiger partial charge in [-0.2, -0.15) is 10.2 Å². The average molecular weight is 541 g/mol. The van der Waals surface area contributed by atoms with Crippen molar-refractivity contribution in [1.29, 1.82) is 0 Å². The van der Waals surface area contributed by atoms with Gasteiger partial charge in [-0.05, 0) is 47.4 Å². The molecule has 4 aromatic rings. The lowest BCUT2D eigenvalue weighted by atomic mass is 10.1. The van der Waals surface area contributed by atoms with Crippen LogP contribution in [0.1, 0.15) is 16.7 Å². The molecule has 2 aromatic carbocycles. The van der Waals surface area contributed by atoms with E-state index in [4.69, 9.17) is 0 Å². The van der Waals surface area contributed by atoms with Gasteiger partial charge < -0.3 is 10.6 Å². The molecule has 166 valence electrons. The Kier molecular flexibility index (Phi) is 8.85. The van der Waals surface area contributed by atoms with Crippen molar-refractivity contribution in [2.45, 2.75) is 19.5 Å². The predicted molar refractivity (Wildman–Crippen MR) is 139 cm³/mol. The van der Waals surface area contributed by atoms with Crippen LogP contribution in [-0.4, -0.2) is 39.1 Å². The summed E-state index contributed by atoms with van der Waals surface area (Å²) in [5, 5.41) is 15.3. The Balaban J connectivity index is 0.00000289. The summed E-state index contributed by atoms with van der Waals surface area (Å²) in [6.45, 7) is 2.29. The highest BCUT2D eigenvalue weighted by Crippen LogP contribution is 2.09. The molecular formula is C24H28IN7. The van der Waals surface area contributed by atoms with Crippen LogP contribution in [0.4, 0.5) is 0 Å². The minimum Gasteiger partial charge on any atom is -0.356 e. The largest absolute Gasteiger partial charge is 0.356 e. The number of rotatable bonds is 8. The summed E-state index contributed by atoms with van der Waals surface area (Å²) in [5.74, 6) is 0.797. The van der Waals surface area contributed by atoms with Crippen molar-refractivity contribution in [2.24, 2.45) is 4.99 Å². The first kappa shape index (κ1) is 23.5. The van der Waals surface area contributed by atoms with Crippen molar-refractivity contribution in [3.63, 3.8) is 0 Å². The Morgan fingerprint density at radius 2 is 1.66 bits per heavy atom. The maximum atomic E-state index is 4.33. The van der Waals surface area contributed by atoms with Crippen molar-refractivity contribution in [1.82, 2.24) is 30.2 Å². The third-order valence-corrected chi connectivity index (χ3v) is 4.99. The lowest BCUT2D eigenvalue weighted by Gasteiger charge is -2.13. The van der Waals surface area contributed by atoms with E-state index in [1.54, 1.807) is 19.4 Å². The number of hydrogen-bond donors (Lipinski definition) is 2. The van der Waals surface area contributed by atoms with Gasteiger partial charge in [-0.3, -0.25) is 9.67 Å². The zero-order valence-electron chi connectivity index (χ0n) is 18.1. The molecule has 7 nitrogen and oxygen atoms in total. The SMILES string of the molecule is CN=C(NCCc1ccc(-n2cccn2)cc1)NCc1cccc(Cn2cccn2)c1.I. The molecule has 0 spiro atoms. The summed E-state index contributed by atoms with van der Waals surface area (Å²) in [7, 11) is 1.79. The molecule has 0 radical (unpaired) electrons. The van der Waals surface area contributed by atoms with Gasteiger partial charge in [0.1, 0.15) is 0 Å². The highest BCUT2D eigenvalue weighted by atomic mass is 127. The Bertz CT molecular complexity index is 1090. The quantitative estimate of drug-likeness (QED) is 0.203.